The van der Waals surface area contributed by atoms with Crippen molar-refractivity contribution >= 4 is 51.9 Å². The number of amidine groups is 1. The maximum Gasteiger partial charge on any atom is 0.286 e. The van der Waals surface area contributed by atoms with Crippen LogP contribution in [0.5, 0.6) is 0 Å². The van der Waals surface area contributed by atoms with Crippen LogP contribution in [-0.4, -0.2) is 52.6 Å². The Bertz CT molecular complexity index is 1090. The molecule has 2 aromatic rings. The van der Waals surface area contributed by atoms with E-state index >= 15 is 0 Å². The molecule has 3 aliphatic heterocycles. The first kappa shape index (κ1) is 20.7. The number of aliphatic imine (C=N–C) groups is 1. The van der Waals surface area contributed by atoms with E-state index in [1.54, 1.807) is 0 Å². The van der Waals surface area contributed by atoms with Gasteiger partial charge in [-0.1, -0.05) is 54.6 Å². The molecule has 0 N–H and O–H groups in total. The average Bonchev–Trinajstić information content (AvgIpc) is 3.30. The van der Waals surface area contributed by atoms with Gasteiger partial charge in [0.05, 0.1) is 40.7 Å². The SMILES string of the molecule is [B]C([B])([B])/C(=C1/SC(N2CCC3(CC2)OCc2ccccc23)=NC1=O)c1ccccc1. The van der Waals surface area contributed by atoms with Gasteiger partial charge < -0.3 is 9.64 Å². The van der Waals surface area contributed by atoms with E-state index in [-0.39, 0.29) is 11.5 Å². The molecule has 1 fully saturated rings. The fourth-order valence-corrected chi connectivity index (χ4v) is 5.78. The van der Waals surface area contributed by atoms with Crippen LogP contribution in [-0.2, 0) is 21.7 Å². The van der Waals surface area contributed by atoms with E-state index in [9.17, 15) is 4.79 Å². The predicted molar refractivity (Wildman–Crippen MR) is 127 cm³/mol. The smallest absolute Gasteiger partial charge is 0.286 e. The number of ether oxygens (including phenoxy) is 1. The molecule has 0 aromatic heterocycles. The molecule has 1 spiro atoms. The minimum absolute atomic E-state index is 0.240. The van der Waals surface area contributed by atoms with Gasteiger partial charge in [-0.05, 0) is 46.9 Å². The number of nitrogens with zero attached hydrogens (tertiary/aromatic N) is 2. The Hall–Kier alpha value is -2.18. The van der Waals surface area contributed by atoms with Crippen LogP contribution in [0.3, 0.4) is 0 Å². The summed E-state index contributed by atoms with van der Waals surface area (Å²) in [6.45, 7) is 2.16. The van der Waals surface area contributed by atoms with Crippen molar-refractivity contribution in [2.45, 2.75) is 30.2 Å². The quantitative estimate of drug-likeness (QED) is 0.554. The Kier molecular flexibility index (Phi) is 5.18. The fourth-order valence-electron chi connectivity index (χ4n) is 4.63. The van der Waals surface area contributed by atoms with E-state index < -0.39 is 5.11 Å². The highest BCUT2D eigenvalue weighted by Gasteiger charge is 2.44. The van der Waals surface area contributed by atoms with E-state index in [0.29, 0.717) is 22.3 Å². The number of amides is 1. The molecule has 5 rings (SSSR count). The largest absolute Gasteiger partial charge is 0.365 e. The van der Waals surface area contributed by atoms with Gasteiger partial charge in [-0.3, -0.25) is 4.79 Å². The number of thioether (sulfide) groups is 1. The molecule has 4 nitrogen and oxygen atoms in total. The summed E-state index contributed by atoms with van der Waals surface area (Å²) in [6.07, 6.45) is 1.69. The lowest BCUT2D eigenvalue weighted by molar-refractivity contribution is -0.113. The molecule has 2 aromatic carbocycles. The number of carbonyl (C=O) groups excluding carboxylic acids is 1. The first-order valence-electron chi connectivity index (χ1n) is 10.3. The first-order valence-corrected chi connectivity index (χ1v) is 11.1. The highest BCUT2D eigenvalue weighted by Crippen LogP contribution is 2.46. The second-order valence-electron chi connectivity index (χ2n) is 8.23. The van der Waals surface area contributed by atoms with E-state index in [4.69, 9.17) is 28.3 Å². The van der Waals surface area contributed by atoms with Crippen LogP contribution in [0, 0.1) is 0 Å². The van der Waals surface area contributed by atoms with Gasteiger partial charge in [-0.15, -0.1) is 5.11 Å². The standard InChI is InChI=1S/C23H19B3N2O2S/c24-23(25,26)18(15-6-2-1-3-7-15)19-20(29)27-21(31-19)28-12-10-22(11-13-28)17-9-5-4-8-16(17)14-30-22/h1-9H,10-14H2/b19-18+. The summed E-state index contributed by atoms with van der Waals surface area (Å²) >= 11 is 1.30. The second-order valence-corrected chi connectivity index (χ2v) is 9.21. The van der Waals surface area contributed by atoms with Gasteiger partial charge in [0.1, 0.15) is 0 Å². The molecular weight excluding hydrogens is 401 g/mol. The fraction of sp³-hybridized carbons (Fsp3) is 0.304. The molecule has 0 atom stereocenters. The van der Waals surface area contributed by atoms with Crippen molar-refractivity contribution in [3.05, 3.63) is 76.2 Å². The van der Waals surface area contributed by atoms with Gasteiger partial charge in [0, 0.05) is 13.1 Å². The Balaban J connectivity index is 1.38. The molecular formula is C23H19B3N2O2S. The molecule has 3 heterocycles. The Morgan fingerprint density at radius 1 is 1.03 bits per heavy atom. The molecule has 0 bridgehead atoms. The summed E-state index contributed by atoms with van der Waals surface area (Å²) in [7, 11) is 18.2. The Labute approximate surface area is 190 Å². The van der Waals surface area contributed by atoms with E-state index in [0.717, 1.165) is 31.5 Å². The van der Waals surface area contributed by atoms with Crippen LogP contribution in [0.25, 0.3) is 5.57 Å². The lowest BCUT2D eigenvalue weighted by Crippen LogP contribution is -2.44. The number of hydrogen-bond acceptors (Lipinski definition) is 4. The highest BCUT2D eigenvalue weighted by atomic mass is 32.2. The number of rotatable bonds is 2. The summed E-state index contributed by atoms with van der Waals surface area (Å²) < 4.78 is 6.25. The molecule has 3 aliphatic rings. The van der Waals surface area contributed by atoms with Crippen molar-refractivity contribution in [1.82, 2.24) is 4.90 Å². The van der Waals surface area contributed by atoms with Gasteiger partial charge in [-0.2, -0.15) is 4.99 Å². The van der Waals surface area contributed by atoms with Crippen LogP contribution in [0.2, 0.25) is 5.11 Å². The Morgan fingerprint density at radius 3 is 2.42 bits per heavy atom. The lowest BCUT2D eigenvalue weighted by Gasteiger charge is -2.39. The third kappa shape index (κ3) is 3.70. The van der Waals surface area contributed by atoms with Crippen molar-refractivity contribution in [1.29, 1.82) is 0 Å². The van der Waals surface area contributed by atoms with Crippen molar-refractivity contribution in [2.75, 3.05) is 13.1 Å². The number of benzene rings is 2. The Morgan fingerprint density at radius 2 is 1.71 bits per heavy atom. The summed E-state index contributed by atoms with van der Waals surface area (Å²) in [5.74, 6) is -0.354. The first-order chi connectivity index (χ1) is 14.9. The van der Waals surface area contributed by atoms with E-state index in [1.165, 1.54) is 22.9 Å². The lowest BCUT2D eigenvalue weighted by atomic mass is 9.39. The molecule has 148 valence electrons. The topological polar surface area (TPSA) is 41.9 Å². The zero-order valence-electron chi connectivity index (χ0n) is 17.1. The van der Waals surface area contributed by atoms with Crippen molar-refractivity contribution in [2.24, 2.45) is 4.99 Å². The van der Waals surface area contributed by atoms with Crippen LogP contribution in [0.15, 0.2) is 64.5 Å². The minimum atomic E-state index is -1.66. The molecule has 8 heteroatoms. The minimum Gasteiger partial charge on any atom is -0.365 e. The van der Waals surface area contributed by atoms with Crippen LogP contribution in [0.1, 0.15) is 29.5 Å². The van der Waals surface area contributed by atoms with Gasteiger partial charge in [0.15, 0.2) is 5.17 Å². The van der Waals surface area contributed by atoms with Gasteiger partial charge in [-0.25, -0.2) is 0 Å². The van der Waals surface area contributed by atoms with Gasteiger partial charge in [0.2, 0.25) is 0 Å². The molecule has 1 amide bonds. The highest BCUT2D eigenvalue weighted by molar-refractivity contribution is 8.18. The summed E-state index contributed by atoms with van der Waals surface area (Å²) in [6, 6.07) is 17.7. The number of hydrogen-bond donors (Lipinski definition) is 0. The number of fused-ring (bicyclic) bond motifs is 2. The zero-order chi connectivity index (χ0) is 21.6. The summed E-state index contributed by atoms with van der Waals surface area (Å²) in [5, 5.41) is -0.990. The number of allylic oxidation sites excluding steroid dienone is 1. The molecule has 6 radical (unpaired) electrons. The summed E-state index contributed by atoms with van der Waals surface area (Å²) in [5.41, 5.74) is 3.44. The molecule has 0 unspecified atom stereocenters. The van der Waals surface area contributed by atoms with Crippen molar-refractivity contribution < 1.29 is 9.53 Å². The van der Waals surface area contributed by atoms with Crippen molar-refractivity contribution in [3.8, 4) is 0 Å². The van der Waals surface area contributed by atoms with Crippen molar-refractivity contribution in [3.63, 3.8) is 0 Å². The predicted octanol–water partition coefficient (Wildman–Crippen LogP) is 3.13. The number of carbonyl (C=O) groups is 1. The zero-order valence-corrected chi connectivity index (χ0v) is 17.9. The molecule has 31 heavy (non-hydrogen) atoms. The molecule has 0 saturated carbocycles. The molecule has 0 aliphatic carbocycles. The van der Waals surface area contributed by atoms with Crippen LogP contribution in [0.4, 0.5) is 0 Å². The third-order valence-electron chi connectivity index (χ3n) is 6.16. The third-order valence-corrected chi connectivity index (χ3v) is 7.28. The van der Waals surface area contributed by atoms with Gasteiger partial charge >= 0.3 is 0 Å². The van der Waals surface area contributed by atoms with Crippen LogP contribution >= 0.6 is 11.8 Å². The second kappa shape index (κ2) is 7.75. The normalized spacial score (nSPS) is 21.9. The van der Waals surface area contributed by atoms with Crippen LogP contribution < -0.4 is 0 Å². The van der Waals surface area contributed by atoms with E-state index in [2.05, 4.69) is 34.2 Å². The monoisotopic (exact) mass is 420 g/mol. The molecule has 1 saturated heterocycles. The number of piperidine rings is 1. The van der Waals surface area contributed by atoms with Gasteiger partial charge in [0.25, 0.3) is 5.91 Å². The average molecular weight is 420 g/mol. The number of likely N-dealkylation sites (tertiary alicyclic amines) is 1. The maximum absolute atomic E-state index is 12.8. The maximum atomic E-state index is 12.8. The van der Waals surface area contributed by atoms with E-state index in [1.807, 2.05) is 30.3 Å². The summed E-state index contributed by atoms with van der Waals surface area (Å²) in [4.78, 5) is 19.7.